The highest BCUT2D eigenvalue weighted by atomic mass is 127. The van der Waals surface area contributed by atoms with Crippen LogP contribution in [0.15, 0.2) is 53.5 Å². The fraction of sp³-hybridized carbons (Fsp3) is 0.391. The average molecular weight is 526 g/mol. The van der Waals surface area contributed by atoms with E-state index in [4.69, 9.17) is 0 Å². The van der Waals surface area contributed by atoms with Crippen LogP contribution in [0, 0.1) is 5.82 Å². The topological polar surface area (TPSA) is 56.7 Å². The molecule has 5 nitrogen and oxygen atoms in total. The Morgan fingerprint density at radius 1 is 1.10 bits per heavy atom. The number of hydrogen-bond acceptors (Lipinski definition) is 2. The molecule has 0 aliphatic rings. The molecule has 0 saturated heterocycles. The first-order chi connectivity index (χ1) is 13.7. The Hall–Kier alpha value is -2.16. The van der Waals surface area contributed by atoms with Gasteiger partial charge in [0.05, 0.1) is 6.54 Å². The second-order valence-corrected chi connectivity index (χ2v) is 7.84. The van der Waals surface area contributed by atoms with Crippen LogP contribution >= 0.6 is 24.0 Å². The van der Waals surface area contributed by atoms with Gasteiger partial charge in [-0.15, -0.1) is 24.0 Å². The van der Waals surface area contributed by atoms with Crippen molar-refractivity contribution in [2.45, 2.75) is 32.7 Å². The normalized spacial score (nSPS) is 11.5. The summed E-state index contributed by atoms with van der Waals surface area (Å²) < 4.78 is 13.6. The summed E-state index contributed by atoms with van der Waals surface area (Å²) in [6, 6.07) is 14.2. The first-order valence-corrected chi connectivity index (χ1v) is 9.82. The highest BCUT2D eigenvalue weighted by molar-refractivity contribution is 14.0. The quantitative estimate of drug-likeness (QED) is 0.324. The van der Waals surface area contributed by atoms with E-state index in [0.29, 0.717) is 24.6 Å². The molecule has 30 heavy (non-hydrogen) atoms. The van der Waals surface area contributed by atoms with E-state index in [1.54, 1.807) is 31.1 Å². The number of amides is 1. The number of nitrogens with one attached hydrogen (secondary N) is 2. The van der Waals surface area contributed by atoms with Crippen molar-refractivity contribution >= 4 is 35.8 Å². The lowest BCUT2D eigenvalue weighted by atomic mass is 9.84. The Bertz CT molecular complexity index is 851. The van der Waals surface area contributed by atoms with Gasteiger partial charge < -0.3 is 15.5 Å². The van der Waals surface area contributed by atoms with Crippen molar-refractivity contribution in [3.8, 4) is 0 Å². The van der Waals surface area contributed by atoms with E-state index in [1.807, 2.05) is 37.3 Å². The minimum Gasteiger partial charge on any atom is -0.357 e. The second-order valence-electron chi connectivity index (χ2n) is 7.84. The zero-order valence-corrected chi connectivity index (χ0v) is 20.7. The molecule has 0 bridgehead atoms. The fourth-order valence-corrected chi connectivity index (χ4v) is 2.84. The Morgan fingerprint density at radius 3 is 2.33 bits per heavy atom. The van der Waals surface area contributed by atoms with E-state index in [1.165, 1.54) is 6.07 Å². The Kier molecular flexibility index (Phi) is 10.2. The molecule has 1 amide bonds. The van der Waals surface area contributed by atoms with Crippen LogP contribution in [0.4, 0.5) is 4.39 Å². The minimum atomic E-state index is -0.257. The number of carbonyl (C=O) groups is 1. The third kappa shape index (κ3) is 7.59. The lowest BCUT2D eigenvalue weighted by molar-refractivity contribution is 0.0827. The minimum absolute atomic E-state index is 0. The van der Waals surface area contributed by atoms with Gasteiger partial charge in [0.1, 0.15) is 5.82 Å². The van der Waals surface area contributed by atoms with Gasteiger partial charge >= 0.3 is 0 Å². The molecule has 7 heteroatoms. The lowest BCUT2D eigenvalue weighted by Crippen LogP contribution is -2.43. The molecule has 2 aromatic rings. The zero-order chi connectivity index (χ0) is 21.4. The van der Waals surface area contributed by atoms with E-state index in [9.17, 15) is 9.18 Å². The summed E-state index contributed by atoms with van der Waals surface area (Å²) in [5, 5.41) is 6.59. The van der Waals surface area contributed by atoms with Gasteiger partial charge in [0, 0.05) is 38.2 Å². The molecular formula is C23H32FIN4O. The molecule has 0 aliphatic heterocycles. The number of rotatable bonds is 7. The van der Waals surface area contributed by atoms with Crippen molar-refractivity contribution in [3.63, 3.8) is 0 Å². The molecule has 0 saturated carbocycles. The first kappa shape index (κ1) is 25.9. The number of aliphatic imine (C=N–C) groups is 1. The number of carbonyl (C=O) groups excluding carboxylic acids is 1. The molecule has 0 aromatic heterocycles. The summed E-state index contributed by atoms with van der Waals surface area (Å²) in [6.45, 7) is 7.99. The highest BCUT2D eigenvalue weighted by Gasteiger charge is 2.21. The largest absolute Gasteiger partial charge is 0.357 e. The van der Waals surface area contributed by atoms with Gasteiger partial charge in [-0.1, -0.05) is 38.1 Å². The molecule has 0 spiro atoms. The number of hydrogen-bond donors (Lipinski definition) is 2. The van der Waals surface area contributed by atoms with Crippen LogP contribution in [0.2, 0.25) is 0 Å². The monoisotopic (exact) mass is 526 g/mol. The van der Waals surface area contributed by atoms with Gasteiger partial charge in [-0.05, 0) is 42.3 Å². The molecular weight excluding hydrogens is 494 g/mol. The van der Waals surface area contributed by atoms with Crippen LogP contribution in [0.25, 0.3) is 0 Å². The second kappa shape index (κ2) is 11.9. The Labute approximate surface area is 196 Å². The maximum atomic E-state index is 13.6. The molecule has 0 fully saturated rings. The van der Waals surface area contributed by atoms with Crippen LogP contribution in [0.1, 0.15) is 42.3 Å². The molecule has 0 atom stereocenters. The van der Waals surface area contributed by atoms with Crippen molar-refractivity contribution in [2.24, 2.45) is 4.99 Å². The number of guanidine groups is 1. The van der Waals surface area contributed by atoms with Crippen LogP contribution in [0.5, 0.6) is 0 Å². The standard InChI is InChI=1S/C23H31FN4O.HI/c1-6-25-22(27-16-23(2,3)19-8-7-9-20(24)14-19)26-15-17-10-12-18(13-11-17)21(29)28(4)5;/h7-14H,6,15-16H2,1-5H3,(H2,25,26,27);1H. The van der Waals surface area contributed by atoms with Gasteiger partial charge in [0.25, 0.3) is 5.91 Å². The van der Waals surface area contributed by atoms with Crippen LogP contribution in [-0.2, 0) is 12.0 Å². The molecule has 0 radical (unpaired) electrons. The van der Waals surface area contributed by atoms with Crippen molar-refractivity contribution in [2.75, 3.05) is 27.2 Å². The Morgan fingerprint density at radius 2 is 1.77 bits per heavy atom. The van der Waals surface area contributed by atoms with E-state index < -0.39 is 0 Å². The number of benzene rings is 2. The van der Waals surface area contributed by atoms with E-state index >= 15 is 0 Å². The maximum absolute atomic E-state index is 13.6. The van der Waals surface area contributed by atoms with Crippen molar-refractivity contribution in [1.82, 2.24) is 15.5 Å². The van der Waals surface area contributed by atoms with Crippen LogP contribution < -0.4 is 10.6 Å². The lowest BCUT2D eigenvalue weighted by Gasteiger charge is -2.27. The average Bonchev–Trinajstić information content (AvgIpc) is 2.70. The molecule has 0 unspecified atom stereocenters. The fourth-order valence-electron chi connectivity index (χ4n) is 2.84. The summed E-state index contributed by atoms with van der Waals surface area (Å²) in [5.41, 5.74) is 2.35. The Balaban J connectivity index is 0.00000450. The zero-order valence-electron chi connectivity index (χ0n) is 18.3. The molecule has 2 rings (SSSR count). The highest BCUT2D eigenvalue weighted by Crippen LogP contribution is 2.22. The van der Waals surface area contributed by atoms with E-state index in [0.717, 1.165) is 17.7 Å². The van der Waals surface area contributed by atoms with Crippen LogP contribution in [-0.4, -0.2) is 44.0 Å². The van der Waals surface area contributed by atoms with E-state index in [-0.39, 0.29) is 41.1 Å². The SMILES string of the molecule is CCNC(=NCc1ccc(C(=O)N(C)C)cc1)NCC(C)(C)c1cccc(F)c1.I. The van der Waals surface area contributed by atoms with Crippen molar-refractivity contribution < 1.29 is 9.18 Å². The van der Waals surface area contributed by atoms with Gasteiger partial charge in [-0.25, -0.2) is 9.38 Å². The maximum Gasteiger partial charge on any atom is 0.253 e. The third-order valence-corrected chi connectivity index (χ3v) is 4.67. The van der Waals surface area contributed by atoms with Crippen molar-refractivity contribution in [1.29, 1.82) is 0 Å². The third-order valence-electron chi connectivity index (χ3n) is 4.67. The van der Waals surface area contributed by atoms with Crippen molar-refractivity contribution in [3.05, 3.63) is 71.0 Å². The molecule has 2 aromatic carbocycles. The molecule has 0 aliphatic carbocycles. The summed E-state index contributed by atoms with van der Waals surface area (Å²) in [7, 11) is 3.47. The van der Waals surface area contributed by atoms with Gasteiger partial charge in [-0.2, -0.15) is 0 Å². The summed E-state index contributed by atoms with van der Waals surface area (Å²) in [6.07, 6.45) is 0. The van der Waals surface area contributed by atoms with Crippen LogP contribution in [0.3, 0.4) is 0 Å². The number of halogens is 2. The number of nitrogens with zero attached hydrogens (tertiary/aromatic N) is 2. The molecule has 164 valence electrons. The molecule has 0 heterocycles. The van der Waals surface area contributed by atoms with Gasteiger partial charge in [0.2, 0.25) is 0 Å². The summed E-state index contributed by atoms with van der Waals surface area (Å²) in [5.74, 6) is 0.451. The van der Waals surface area contributed by atoms with Gasteiger partial charge in [-0.3, -0.25) is 4.79 Å². The molecule has 2 N–H and O–H groups in total. The summed E-state index contributed by atoms with van der Waals surface area (Å²) in [4.78, 5) is 18.2. The predicted octanol–water partition coefficient (Wildman–Crippen LogP) is 4.18. The van der Waals surface area contributed by atoms with Gasteiger partial charge in [0.15, 0.2) is 5.96 Å². The smallest absolute Gasteiger partial charge is 0.253 e. The summed E-state index contributed by atoms with van der Waals surface area (Å²) >= 11 is 0. The predicted molar refractivity (Wildman–Crippen MR) is 132 cm³/mol. The first-order valence-electron chi connectivity index (χ1n) is 9.82. The van der Waals surface area contributed by atoms with E-state index in [2.05, 4.69) is 29.5 Å².